The Kier molecular flexibility index (Phi) is 5.52. The highest BCUT2D eigenvalue weighted by Gasteiger charge is 2.63. The number of benzene rings is 2. The normalized spacial score (nSPS) is 22.5. The number of Topliss-reactive ketones (excluding diaryl/α,β-unsaturated/α-hetero) is 1. The van der Waals surface area contributed by atoms with Gasteiger partial charge in [0, 0.05) is 39.7 Å². The molecular weight excluding hydrogens is 478 g/mol. The molecule has 0 saturated heterocycles. The van der Waals surface area contributed by atoms with Crippen molar-refractivity contribution in [3.05, 3.63) is 81.3 Å². The fraction of sp³-hybridized carbons (Fsp3) is 0.321. The first kappa shape index (κ1) is 24.1. The van der Waals surface area contributed by atoms with E-state index in [1.165, 1.54) is 0 Å². The van der Waals surface area contributed by atoms with Gasteiger partial charge in [-0.1, -0.05) is 43.1 Å². The van der Waals surface area contributed by atoms with Gasteiger partial charge < -0.3 is 15.8 Å². The minimum atomic E-state index is -1.70. The molecule has 3 N–H and O–H groups in total. The third-order valence-corrected chi connectivity index (χ3v) is 7.35. The van der Waals surface area contributed by atoms with E-state index in [-0.39, 0.29) is 41.2 Å². The summed E-state index contributed by atoms with van der Waals surface area (Å²) in [6, 6.07) is 12.5. The van der Waals surface area contributed by atoms with Crippen LogP contribution in [0.5, 0.6) is 0 Å². The summed E-state index contributed by atoms with van der Waals surface area (Å²) in [6.45, 7) is 7.69. The smallest absolute Gasteiger partial charge is 0.339 e. The first-order chi connectivity index (χ1) is 17.0. The largest absolute Gasteiger partial charge is 0.462 e. The second-order valence-corrected chi connectivity index (χ2v) is 10.7. The number of nitrogens with one attached hydrogen (secondary N) is 1. The molecule has 2 aliphatic heterocycles. The molecule has 2 heterocycles. The second kappa shape index (κ2) is 8.23. The second-order valence-electron chi connectivity index (χ2n) is 10.3. The standard InChI is InChI=1S/C28H28ClN3O4/c1-5-36-25(34)23-24(30)32(17-9-7-16(29)8-10-17)20-13-27(3,4)14-21(33)22(20)28(23)18-12-15(2)6-11-19(18)31-26(28)35/h6-12H,5,13-14,30H2,1-4H3,(H,31,35). The number of amides is 1. The fourth-order valence-corrected chi connectivity index (χ4v) is 5.86. The summed E-state index contributed by atoms with van der Waals surface area (Å²) < 4.78 is 5.45. The summed E-state index contributed by atoms with van der Waals surface area (Å²) in [5.41, 5.74) is 8.17. The Morgan fingerprint density at radius 1 is 1.14 bits per heavy atom. The number of esters is 1. The van der Waals surface area contributed by atoms with Crippen molar-refractivity contribution in [1.82, 2.24) is 0 Å². The molecule has 1 atom stereocenters. The van der Waals surface area contributed by atoms with Gasteiger partial charge in [0.25, 0.3) is 0 Å². The van der Waals surface area contributed by atoms with Crippen molar-refractivity contribution in [2.75, 3.05) is 16.8 Å². The Labute approximate surface area is 214 Å². The Bertz CT molecular complexity index is 1390. The third-order valence-electron chi connectivity index (χ3n) is 7.10. The molecule has 3 aliphatic rings. The molecule has 2 aromatic carbocycles. The number of ether oxygens (including phenoxy) is 1. The van der Waals surface area contributed by atoms with Crippen molar-refractivity contribution in [2.24, 2.45) is 11.1 Å². The molecule has 7 nitrogen and oxygen atoms in total. The Hall–Kier alpha value is -3.58. The average molecular weight is 506 g/mol. The van der Waals surface area contributed by atoms with Gasteiger partial charge in [-0.05, 0) is 56.0 Å². The van der Waals surface area contributed by atoms with Gasteiger partial charge in [0.15, 0.2) is 5.78 Å². The van der Waals surface area contributed by atoms with E-state index >= 15 is 0 Å². The number of rotatable bonds is 3. The molecule has 1 aliphatic carbocycles. The number of aryl methyl sites for hydroxylation is 1. The molecule has 0 radical (unpaired) electrons. The minimum absolute atomic E-state index is 0.0482. The quantitative estimate of drug-likeness (QED) is 0.584. The van der Waals surface area contributed by atoms with Crippen LogP contribution in [0.25, 0.3) is 0 Å². The molecule has 0 fully saturated rings. The Morgan fingerprint density at radius 3 is 2.50 bits per heavy atom. The Balaban J connectivity index is 1.92. The molecule has 2 aromatic rings. The summed E-state index contributed by atoms with van der Waals surface area (Å²) in [5.74, 6) is -1.35. The topological polar surface area (TPSA) is 102 Å². The number of fused-ring (bicyclic) bond motifs is 3. The van der Waals surface area contributed by atoms with Crippen molar-refractivity contribution < 1.29 is 19.1 Å². The lowest BCUT2D eigenvalue weighted by molar-refractivity contribution is -0.140. The van der Waals surface area contributed by atoms with E-state index in [0.29, 0.717) is 34.1 Å². The number of halogens is 1. The molecule has 8 heteroatoms. The molecule has 0 saturated carbocycles. The molecule has 0 aromatic heterocycles. The number of carbonyl (C=O) groups excluding carboxylic acids is 3. The van der Waals surface area contributed by atoms with Crippen molar-refractivity contribution in [1.29, 1.82) is 0 Å². The van der Waals surface area contributed by atoms with Crippen LogP contribution in [0.3, 0.4) is 0 Å². The lowest BCUT2D eigenvalue weighted by atomic mass is 9.60. The molecule has 1 unspecified atom stereocenters. The van der Waals surface area contributed by atoms with Crippen LogP contribution in [0, 0.1) is 12.3 Å². The predicted octanol–water partition coefficient (Wildman–Crippen LogP) is 4.74. The predicted molar refractivity (Wildman–Crippen MR) is 138 cm³/mol. The van der Waals surface area contributed by atoms with Crippen molar-refractivity contribution >= 4 is 40.6 Å². The highest BCUT2D eigenvalue weighted by Crippen LogP contribution is 2.57. The molecular formula is C28H28ClN3O4. The van der Waals surface area contributed by atoms with Crippen LogP contribution in [0.4, 0.5) is 11.4 Å². The molecule has 5 rings (SSSR count). The van der Waals surface area contributed by atoms with E-state index in [4.69, 9.17) is 22.1 Å². The van der Waals surface area contributed by atoms with E-state index < -0.39 is 17.3 Å². The summed E-state index contributed by atoms with van der Waals surface area (Å²) in [4.78, 5) is 43.3. The van der Waals surface area contributed by atoms with Gasteiger partial charge in [-0.15, -0.1) is 0 Å². The van der Waals surface area contributed by atoms with E-state index in [0.717, 1.165) is 5.56 Å². The molecule has 36 heavy (non-hydrogen) atoms. The molecule has 0 bridgehead atoms. The zero-order valence-corrected chi connectivity index (χ0v) is 21.5. The first-order valence-electron chi connectivity index (χ1n) is 11.9. The van der Waals surface area contributed by atoms with Crippen LogP contribution in [-0.2, 0) is 24.5 Å². The van der Waals surface area contributed by atoms with Crippen LogP contribution >= 0.6 is 11.6 Å². The maximum Gasteiger partial charge on any atom is 0.339 e. The summed E-state index contributed by atoms with van der Waals surface area (Å²) in [5, 5.41) is 3.45. The van der Waals surface area contributed by atoms with Gasteiger partial charge in [0.1, 0.15) is 16.8 Å². The molecule has 186 valence electrons. The SMILES string of the molecule is CCOC(=O)C1=C(N)N(c2ccc(Cl)cc2)C2=C(C(=O)CC(C)(C)C2)C12C(=O)Nc1ccc(C)cc12. The van der Waals surface area contributed by atoms with Crippen LogP contribution in [0.15, 0.2) is 65.1 Å². The van der Waals surface area contributed by atoms with Gasteiger partial charge in [-0.2, -0.15) is 0 Å². The van der Waals surface area contributed by atoms with E-state index in [1.54, 1.807) is 42.2 Å². The summed E-state index contributed by atoms with van der Waals surface area (Å²) in [7, 11) is 0. The van der Waals surface area contributed by atoms with Gasteiger partial charge in [0.05, 0.1) is 6.61 Å². The molecule has 1 spiro atoms. The summed E-state index contributed by atoms with van der Waals surface area (Å²) in [6.07, 6.45) is 0.705. The zero-order valence-electron chi connectivity index (χ0n) is 20.7. The van der Waals surface area contributed by atoms with Crippen LogP contribution in [-0.4, -0.2) is 24.3 Å². The van der Waals surface area contributed by atoms with E-state index in [1.807, 2.05) is 32.9 Å². The zero-order chi connectivity index (χ0) is 26.0. The fourth-order valence-electron chi connectivity index (χ4n) is 5.74. The van der Waals surface area contributed by atoms with Crippen molar-refractivity contribution in [3.63, 3.8) is 0 Å². The van der Waals surface area contributed by atoms with Gasteiger partial charge >= 0.3 is 5.97 Å². The lowest BCUT2D eigenvalue weighted by Gasteiger charge is -2.47. The van der Waals surface area contributed by atoms with Gasteiger partial charge in [-0.25, -0.2) is 4.79 Å². The molecule has 1 amide bonds. The number of hydrogen-bond acceptors (Lipinski definition) is 6. The van der Waals surface area contributed by atoms with E-state index in [2.05, 4.69) is 5.32 Å². The Morgan fingerprint density at radius 2 is 1.83 bits per heavy atom. The lowest BCUT2D eigenvalue weighted by Crippen LogP contribution is -2.54. The number of nitrogens with zero attached hydrogens (tertiary/aromatic N) is 1. The average Bonchev–Trinajstić information content (AvgIpc) is 3.05. The maximum atomic E-state index is 14.0. The first-order valence-corrected chi connectivity index (χ1v) is 12.3. The van der Waals surface area contributed by atoms with Crippen molar-refractivity contribution in [3.8, 4) is 0 Å². The highest BCUT2D eigenvalue weighted by atomic mass is 35.5. The van der Waals surface area contributed by atoms with E-state index in [9.17, 15) is 14.4 Å². The number of allylic oxidation sites excluding steroid dienone is 1. The van der Waals surface area contributed by atoms with Crippen LogP contribution in [0.2, 0.25) is 5.02 Å². The number of nitrogens with two attached hydrogens (primary N) is 1. The highest BCUT2D eigenvalue weighted by molar-refractivity contribution is 6.30. The number of carbonyl (C=O) groups is 3. The van der Waals surface area contributed by atoms with Crippen LogP contribution in [0.1, 0.15) is 44.7 Å². The van der Waals surface area contributed by atoms with Crippen LogP contribution < -0.4 is 16.0 Å². The third kappa shape index (κ3) is 3.37. The van der Waals surface area contributed by atoms with Gasteiger partial charge in [-0.3, -0.25) is 14.5 Å². The summed E-state index contributed by atoms with van der Waals surface area (Å²) >= 11 is 6.15. The van der Waals surface area contributed by atoms with Gasteiger partial charge in [0.2, 0.25) is 5.91 Å². The number of anilines is 2. The monoisotopic (exact) mass is 505 g/mol. The number of hydrogen-bond donors (Lipinski definition) is 2. The van der Waals surface area contributed by atoms with Crippen molar-refractivity contribution in [2.45, 2.75) is 46.0 Å². The minimum Gasteiger partial charge on any atom is -0.462 e. The number of ketones is 1. The maximum absolute atomic E-state index is 14.0.